The van der Waals surface area contributed by atoms with E-state index in [0.717, 1.165) is 15.9 Å². The fourth-order valence-electron chi connectivity index (χ4n) is 0.948. The van der Waals surface area contributed by atoms with Crippen molar-refractivity contribution in [3.8, 4) is 5.75 Å². The molecule has 0 fully saturated rings. The van der Waals surface area contributed by atoms with Crippen LogP contribution in [0, 0.1) is 0 Å². The van der Waals surface area contributed by atoms with Crippen molar-refractivity contribution in [1.29, 1.82) is 0 Å². The Kier molecular flexibility index (Phi) is 3.76. The molecule has 0 unspecified atom stereocenters. The number of aliphatic imine (C=N–C) groups is 1. The van der Waals surface area contributed by atoms with Gasteiger partial charge in [0, 0.05) is 12.7 Å². The van der Waals surface area contributed by atoms with Crippen LogP contribution in [0.4, 0.5) is 5.69 Å². The van der Waals surface area contributed by atoms with Crippen molar-refractivity contribution in [1.82, 2.24) is 0 Å². The summed E-state index contributed by atoms with van der Waals surface area (Å²) in [6.07, 6.45) is 0. The zero-order valence-electron chi connectivity index (χ0n) is 8.04. The molecule has 0 spiro atoms. The van der Waals surface area contributed by atoms with Gasteiger partial charge in [0.2, 0.25) is 0 Å². The number of methoxy groups -OCH3 is 1. The summed E-state index contributed by atoms with van der Waals surface area (Å²) in [5.74, 6) is 1.16. The van der Waals surface area contributed by atoms with E-state index >= 15 is 0 Å². The SMILES string of the molecule is CN=C(N)Nc1ccc(OC)c(Br)c1. The monoisotopic (exact) mass is 257 g/mol. The molecule has 0 aliphatic heterocycles. The van der Waals surface area contributed by atoms with Crippen LogP contribution in [-0.4, -0.2) is 20.1 Å². The van der Waals surface area contributed by atoms with Crippen LogP contribution in [-0.2, 0) is 0 Å². The van der Waals surface area contributed by atoms with Gasteiger partial charge in [-0.05, 0) is 34.1 Å². The summed E-state index contributed by atoms with van der Waals surface area (Å²) in [6, 6.07) is 5.58. The van der Waals surface area contributed by atoms with Gasteiger partial charge in [-0.2, -0.15) is 0 Å². The van der Waals surface area contributed by atoms with E-state index in [2.05, 4.69) is 26.2 Å². The van der Waals surface area contributed by atoms with Crippen LogP contribution in [0.15, 0.2) is 27.7 Å². The molecular formula is C9H12BrN3O. The lowest BCUT2D eigenvalue weighted by Gasteiger charge is -2.07. The molecule has 1 rings (SSSR count). The normalized spacial score (nSPS) is 11.2. The van der Waals surface area contributed by atoms with Crippen LogP contribution in [0.2, 0.25) is 0 Å². The highest BCUT2D eigenvalue weighted by atomic mass is 79.9. The number of benzene rings is 1. The predicted octanol–water partition coefficient (Wildman–Crippen LogP) is 1.81. The minimum Gasteiger partial charge on any atom is -0.496 e. The molecule has 0 atom stereocenters. The molecule has 1 aromatic carbocycles. The van der Waals surface area contributed by atoms with Crippen LogP contribution in [0.1, 0.15) is 0 Å². The maximum Gasteiger partial charge on any atom is 0.192 e. The molecule has 14 heavy (non-hydrogen) atoms. The summed E-state index contributed by atoms with van der Waals surface area (Å²) in [6.45, 7) is 0. The van der Waals surface area contributed by atoms with Crippen molar-refractivity contribution in [3.63, 3.8) is 0 Å². The molecule has 3 N–H and O–H groups in total. The summed E-state index contributed by atoms with van der Waals surface area (Å²) >= 11 is 3.37. The first-order valence-corrected chi connectivity index (χ1v) is 4.79. The third-order valence-electron chi connectivity index (χ3n) is 1.67. The Labute approximate surface area is 91.3 Å². The maximum absolute atomic E-state index is 5.52. The van der Waals surface area contributed by atoms with E-state index in [-0.39, 0.29) is 0 Å². The average molecular weight is 258 g/mol. The quantitative estimate of drug-likeness (QED) is 0.628. The molecule has 0 radical (unpaired) electrons. The molecule has 5 heteroatoms. The average Bonchev–Trinajstić information content (AvgIpc) is 2.18. The molecular weight excluding hydrogens is 246 g/mol. The summed E-state index contributed by atoms with van der Waals surface area (Å²) in [5.41, 5.74) is 6.38. The van der Waals surface area contributed by atoms with Gasteiger partial charge in [-0.1, -0.05) is 0 Å². The van der Waals surface area contributed by atoms with Crippen molar-refractivity contribution >= 4 is 27.6 Å². The van der Waals surface area contributed by atoms with Gasteiger partial charge in [0.1, 0.15) is 5.75 Å². The molecule has 0 aliphatic carbocycles. The molecule has 0 amide bonds. The number of hydrogen-bond donors (Lipinski definition) is 2. The van der Waals surface area contributed by atoms with Crippen molar-refractivity contribution in [3.05, 3.63) is 22.7 Å². The second-order valence-corrected chi connectivity index (χ2v) is 3.44. The number of halogens is 1. The van der Waals surface area contributed by atoms with E-state index in [4.69, 9.17) is 10.5 Å². The van der Waals surface area contributed by atoms with Crippen molar-refractivity contribution < 1.29 is 4.74 Å². The second-order valence-electron chi connectivity index (χ2n) is 2.58. The number of nitrogens with zero attached hydrogens (tertiary/aromatic N) is 1. The minimum absolute atomic E-state index is 0.377. The maximum atomic E-state index is 5.52. The number of rotatable bonds is 2. The van der Waals surface area contributed by atoms with E-state index in [1.54, 1.807) is 14.2 Å². The van der Waals surface area contributed by atoms with Crippen LogP contribution < -0.4 is 15.8 Å². The van der Waals surface area contributed by atoms with Gasteiger partial charge in [0.05, 0.1) is 11.6 Å². The number of hydrogen-bond acceptors (Lipinski definition) is 2. The standard InChI is InChI=1S/C9H12BrN3O/c1-12-9(11)13-6-3-4-8(14-2)7(10)5-6/h3-5H,1-2H3,(H3,11,12,13). The molecule has 0 heterocycles. The van der Waals surface area contributed by atoms with E-state index in [0.29, 0.717) is 5.96 Å². The van der Waals surface area contributed by atoms with Gasteiger partial charge in [0.25, 0.3) is 0 Å². The molecule has 0 saturated carbocycles. The van der Waals surface area contributed by atoms with Gasteiger partial charge < -0.3 is 15.8 Å². The van der Waals surface area contributed by atoms with Crippen molar-refractivity contribution in [2.75, 3.05) is 19.5 Å². The fraction of sp³-hybridized carbons (Fsp3) is 0.222. The topological polar surface area (TPSA) is 59.6 Å². The lowest BCUT2D eigenvalue weighted by atomic mass is 10.3. The number of nitrogens with two attached hydrogens (primary N) is 1. The fourth-order valence-corrected chi connectivity index (χ4v) is 1.49. The van der Waals surface area contributed by atoms with Crippen LogP contribution in [0.5, 0.6) is 5.75 Å². The van der Waals surface area contributed by atoms with Gasteiger partial charge >= 0.3 is 0 Å². The summed E-state index contributed by atoms with van der Waals surface area (Å²) in [7, 11) is 3.25. The summed E-state index contributed by atoms with van der Waals surface area (Å²) in [5, 5.41) is 2.93. The zero-order valence-corrected chi connectivity index (χ0v) is 9.63. The van der Waals surface area contributed by atoms with E-state index < -0.39 is 0 Å². The minimum atomic E-state index is 0.377. The first kappa shape index (κ1) is 10.8. The van der Waals surface area contributed by atoms with Gasteiger partial charge in [-0.25, -0.2) is 0 Å². The number of ether oxygens (including phenoxy) is 1. The van der Waals surface area contributed by atoms with Gasteiger partial charge in [0.15, 0.2) is 5.96 Å². The highest BCUT2D eigenvalue weighted by Gasteiger charge is 2.01. The summed E-state index contributed by atoms with van der Waals surface area (Å²) < 4.78 is 5.96. The Balaban J connectivity index is 2.86. The Bertz CT molecular complexity index is 352. The Morgan fingerprint density at radius 1 is 1.57 bits per heavy atom. The lowest BCUT2D eigenvalue weighted by molar-refractivity contribution is 0.412. The second kappa shape index (κ2) is 4.85. The molecule has 1 aromatic rings. The predicted molar refractivity (Wildman–Crippen MR) is 61.9 cm³/mol. The highest BCUT2D eigenvalue weighted by molar-refractivity contribution is 9.10. The number of anilines is 1. The van der Waals surface area contributed by atoms with E-state index in [1.165, 1.54) is 0 Å². The summed E-state index contributed by atoms with van der Waals surface area (Å²) in [4.78, 5) is 3.79. The third-order valence-corrected chi connectivity index (χ3v) is 2.28. The van der Waals surface area contributed by atoms with Gasteiger partial charge in [-0.15, -0.1) is 0 Å². The highest BCUT2D eigenvalue weighted by Crippen LogP contribution is 2.27. The smallest absolute Gasteiger partial charge is 0.192 e. The third kappa shape index (κ3) is 2.63. The molecule has 76 valence electrons. The molecule has 0 aromatic heterocycles. The molecule has 4 nitrogen and oxygen atoms in total. The van der Waals surface area contributed by atoms with Crippen molar-refractivity contribution in [2.45, 2.75) is 0 Å². The molecule has 0 aliphatic rings. The van der Waals surface area contributed by atoms with E-state index in [9.17, 15) is 0 Å². The molecule has 0 saturated heterocycles. The Morgan fingerprint density at radius 2 is 2.29 bits per heavy atom. The first-order valence-electron chi connectivity index (χ1n) is 4.00. The number of guanidine groups is 1. The van der Waals surface area contributed by atoms with E-state index in [1.807, 2.05) is 18.2 Å². The lowest BCUT2D eigenvalue weighted by Crippen LogP contribution is -2.21. The van der Waals surface area contributed by atoms with Crippen LogP contribution >= 0.6 is 15.9 Å². The van der Waals surface area contributed by atoms with Crippen molar-refractivity contribution in [2.24, 2.45) is 10.7 Å². The Hall–Kier alpha value is -1.23. The first-order chi connectivity index (χ1) is 6.67. The Morgan fingerprint density at radius 3 is 2.79 bits per heavy atom. The number of nitrogens with one attached hydrogen (secondary N) is 1. The molecule has 0 bridgehead atoms. The largest absolute Gasteiger partial charge is 0.496 e. The van der Waals surface area contributed by atoms with Gasteiger partial charge in [-0.3, -0.25) is 4.99 Å². The van der Waals surface area contributed by atoms with Crippen LogP contribution in [0.3, 0.4) is 0 Å². The van der Waals surface area contributed by atoms with Crippen LogP contribution in [0.25, 0.3) is 0 Å². The zero-order chi connectivity index (χ0) is 10.6.